The molecule has 0 radical (unpaired) electrons. The summed E-state index contributed by atoms with van der Waals surface area (Å²) in [7, 11) is 1.58. The molecule has 2 heterocycles. The number of nitrogens with zero attached hydrogens (tertiary/aromatic N) is 2. The Labute approximate surface area is 201 Å². The van der Waals surface area contributed by atoms with Crippen molar-refractivity contribution >= 4 is 33.4 Å². The quantitative estimate of drug-likeness (QED) is 0.361. The number of likely N-dealkylation sites (tertiary alicyclic amines) is 1. The molecule has 1 N–H and O–H groups in total. The molecule has 4 rings (SSSR count). The van der Waals surface area contributed by atoms with Gasteiger partial charge in [-0.3, -0.25) is 14.5 Å². The topological polar surface area (TPSA) is 79.3 Å². The fourth-order valence-corrected chi connectivity index (χ4v) is 4.62. The molecule has 0 aliphatic carbocycles. The van der Waals surface area contributed by atoms with Gasteiger partial charge in [0.2, 0.25) is 0 Å². The van der Waals surface area contributed by atoms with Crippen LogP contribution in [0.25, 0.3) is 5.76 Å². The minimum Gasteiger partial charge on any atom is -0.507 e. The van der Waals surface area contributed by atoms with Crippen molar-refractivity contribution in [3.8, 4) is 5.75 Å². The maximum atomic E-state index is 13.2. The van der Waals surface area contributed by atoms with Crippen LogP contribution in [-0.2, 0) is 14.3 Å². The lowest BCUT2D eigenvalue weighted by Crippen LogP contribution is -2.42. The number of aryl methyl sites for hydroxylation is 1. The van der Waals surface area contributed by atoms with E-state index in [1.54, 1.807) is 30.2 Å². The third-order valence-electron chi connectivity index (χ3n) is 6.15. The van der Waals surface area contributed by atoms with Gasteiger partial charge in [0.15, 0.2) is 0 Å². The Morgan fingerprint density at radius 2 is 1.82 bits per heavy atom. The van der Waals surface area contributed by atoms with Gasteiger partial charge in [0, 0.05) is 36.2 Å². The molecule has 2 aliphatic rings. The summed E-state index contributed by atoms with van der Waals surface area (Å²) in [6, 6.07) is 12.0. The number of hydrogen-bond donors (Lipinski definition) is 1. The zero-order chi connectivity index (χ0) is 23.5. The van der Waals surface area contributed by atoms with E-state index in [0.29, 0.717) is 37.6 Å². The number of ether oxygens (including phenoxy) is 2. The highest BCUT2D eigenvalue weighted by atomic mass is 79.9. The van der Waals surface area contributed by atoms with Gasteiger partial charge in [-0.05, 0) is 48.4 Å². The number of benzene rings is 2. The summed E-state index contributed by atoms with van der Waals surface area (Å²) in [4.78, 5) is 30.1. The molecule has 8 heteroatoms. The number of amides is 1. The molecule has 174 valence electrons. The van der Waals surface area contributed by atoms with Gasteiger partial charge in [0.25, 0.3) is 11.7 Å². The van der Waals surface area contributed by atoms with Crippen LogP contribution >= 0.6 is 15.9 Å². The van der Waals surface area contributed by atoms with Gasteiger partial charge in [-0.25, -0.2) is 0 Å². The number of carbonyl (C=O) groups is 2. The number of aliphatic hydroxyl groups excluding tert-OH is 1. The number of ketones is 1. The highest BCUT2D eigenvalue weighted by Gasteiger charge is 2.46. The molecule has 0 bridgehead atoms. The van der Waals surface area contributed by atoms with E-state index >= 15 is 0 Å². The Kier molecular flexibility index (Phi) is 7.17. The highest BCUT2D eigenvalue weighted by molar-refractivity contribution is 9.10. The predicted octanol–water partition coefficient (Wildman–Crippen LogP) is 3.52. The molecule has 0 unspecified atom stereocenters. The van der Waals surface area contributed by atoms with E-state index in [1.807, 2.05) is 31.2 Å². The first-order valence-electron chi connectivity index (χ1n) is 10.9. The van der Waals surface area contributed by atoms with Crippen molar-refractivity contribution < 1.29 is 24.2 Å². The van der Waals surface area contributed by atoms with Gasteiger partial charge in [0.05, 0.1) is 31.9 Å². The van der Waals surface area contributed by atoms with E-state index in [1.165, 1.54) is 0 Å². The predicted molar refractivity (Wildman–Crippen MR) is 128 cm³/mol. The molecule has 0 aromatic heterocycles. The first kappa shape index (κ1) is 23.5. The van der Waals surface area contributed by atoms with Crippen molar-refractivity contribution in [2.75, 3.05) is 46.5 Å². The summed E-state index contributed by atoms with van der Waals surface area (Å²) < 4.78 is 11.6. The maximum absolute atomic E-state index is 13.2. The van der Waals surface area contributed by atoms with Gasteiger partial charge in [-0.15, -0.1) is 0 Å². The number of morpholine rings is 1. The molecule has 1 amide bonds. The molecule has 33 heavy (non-hydrogen) atoms. The molecular formula is C25H27BrN2O5. The minimum absolute atomic E-state index is 0.105. The molecule has 2 fully saturated rings. The first-order chi connectivity index (χ1) is 15.9. The highest BCUT2D eigenvalue weighted by Crippen LogP contribution is 2.40. The van der Waals surface area contributed by atoms with E-state index in [0.717, 1.165) is 28.7 Å². The van der Waals surface area contributed by atoms with Crippen LogP contribution < -0.4 is 4.74 Å². The van der Waals surface area contributed by atoms with Gasteiger partial charge in [-0.1, -0.05) is 28.1 Å². The van der Waals surface area contributed by atoms with Crippen LogP contribution in [0.3, 0.4) is 0 Å². The molecule has 0 saturated carbocycles. The Bertz CT molecular complexity index is 1080. The average Bonchev–Trinajstić information content (AvgIpc) is 3.08. The van der Waals surface area contributed by atoms with E-state index in [2.05, 4.69) is 20.8 Å². The van der Waals surface area contributed by atoms with Gasteiger partial charge in [-0.2, -0.15) is 0 Å². The number of rotatable bonds is 6. The number of hydrogen-bond acceptors (Lipinski definition) is 6. The smallest absolute Gasteiger partial charge is 0.295 e. The Morgan fingerprint density at radius 1 is 1.12 bits per heavy atom. The molecule has 2 aromatic rings. The van der Waals surface area contributed by atoms with Crippen molar-refractivity contribution in [3.05, 3.63) is 69.2 Å². The summed E-state index contributed by atoms with van der Waals surface area (Å²) in [5.74, 6) is -0.762. The monoisotopic (exact) mass is 514 g/mol. The number of aliphatic hydroxyl groups is 1. The van der Waals surface area contributed by atoms with E-state index in [4.69, 9.17) is 9.47 Å². The summed E-state index contributed by atoms with van der Waals surface area (Å²) in [6.45, 7) is 5.77. The Morgan fingerprint density at radius 3 is 2.45 bits per heavy atom. The normalized spacial score (nSPS) is 20.9. The fraction of sp³-hybridized carbons (Fsp3) is 0.360. The molecule has 2 saturated heterocycles. The van der Waals surface area contributed by atoms with Crippen molar-refractivity contribution in [2.24, 2.45) is 0 Å². The second-order valence-electron chi connectivity index (χ2n) is 8.18. The number of carbonyl (C=O) groups excluding carboxylic acids is 2. The molecule has 0 spiro atoms. The van der Waals surface area contributed by atoms with Crippen molar-refractivity contribution in [2.45, 2.75) is 13.0 Å². The van der Waals surface area contributed by atoms with Gasteiger partial charge in [0.1, 0.15) is 11.5 Å². The third-order valence-corrected chi connectivity index (χ3v) is 6.68. The summed E-state index contributed by atoms with van der Waals surface area (Å²) in [5, 5.41) is 11.2. The van der Waals surface area contributed by atoms with Crippen LogP contribution in [0.1, 0.15) is 22.7 Å². The lowest BCUT2D eigenvalue weighted by Gasteiger charge is -2.31. The van der Waals surface area contributed by atoms with Gasteiger partial charge >= 0.3 is 0 Å². The van der Waals surface area contributed by atoms with Crippen LogP contribution in [0.15, 0.2) is 52.5 Å². The van der Waals surface area contributed by atoms with Crippen LogP contribution in [0.4, 0.5) is 0 Å². The SMILES string of the molecule is COc1ccc(/C(O)=C2\C(=O)C(=O)N(CCN3CCOCC3)[C@H]2c2ccc(Br)cc2)cc1C. The van der Waals surface area contributed by atoms with E-state index < -0.39 is 17.7 Å². The minimum atomic E-state index is -0.670. The zero-order valence-corrected chi connectivity index (χ0v) is 20.3. The number of halogens is 1. The molecular weight excluding hydrogens is 488 g/mol. The Hall–Kier alpha value is -2.68. The van der Waals surface area contributed by atoms with Crippen LogP contribution in [-0.4, -0.2) is 73.1 Å². The standard InChI is InChI=1S/C25H27BrN2O5/c1-16-15-18(5-8-20(16)32-2)23(29)21-22(17-3-6-19(26)7-4-17)28(25(31)24(21)30)10-9-27-11-13-33-14-12-27/h3-8,15,22,29H,9-14H2,1-2H3/b23-21+/t22-/m0/s1. The van der Waals surface area contributed by atoms with Crippen LogP contribution in [0.5, 0.6) is 5.75 Å². The van der Waals surface area contributed by atoms with Crippen molar-refractivity contribution in [1.29, 1.82) is 0 Å². The van der Waals surface area contributed by atoms with E-state index in [-0.39, 0.29) is 11.3 Å². The molecule has 1 atom stereocenters. The maximum Gasteiger partial charge on any atom is 0.295 e. The number of Topliss-reactive ketones (excluding diaryl/α,β-unsaturated/α-hetero) is 1. The average molecular weight is 515 g/mol. The zero-order valence-electron chi connectivity index (χ0n) is 18.7. The van der Waals surface area contributed by atoms with E-state index in [9.17, 15) is 14.7 Å². The van der Waals surface area contributed by atoms with Gasteiger partial charge < -0.3 is 19.5 Å². The second kappa shape index (κ2) is 10.1. The molecule has 2 aromatic carbocycles. The summed E-state index contributed by atoms with van der Waals surface area (Å²) >= 11 is 3.44. The van der Waals surface area contributed by atoms with Crippen molar-refractivity contribution in [1.82, 2.24) is 9.80 Å². The summed E-state index contributed by atoms with van der Waals surface area (Å²) in [5.41, 5.74) is 2.17. The van der Waals surface area contributed by atoms with Crippen molar-refractivity contribution in [3.63, 3.8) is 0 Å². The largest absolute Gasteiger partial charge is 0.507 e. The second-order valence-corrected chi connectivity index (χ2v) is 9.10. The lowest BCUT2D eigenvalue weighted by molar-refractivity contribution is -0.140. The van der Waals surface area contributed by atoms with Crippen LogP contribution in [0, 0.1) is 6.92 Å². The molecule has 7 nitrogen and oxygen atoms in total. The fourth-order valence-electron chi connectivity index (χ4n) is 4.36. The lowest BCUT2D eigenvalue weighted by atomic mass is 9.95. The molecule has 2 aliphatic heterocycles. The first-order valence-corrected chi connectivity index (χ1v) is 11.7. The third kappa shape index (κ3) is 4.83. The summed E-state index contributed by atoms with van der Waals surface area (Å²) in [6.07, 6.45) is 0. The number of methoxy groups -OCH3 is 1. The Balaban J connectivity index is 1.74. The van der Waals surface area contributed by atoms with Crippen LogP contribution in [0.2, 0.25) is 0 Å².